The van der Waals surface area contributed by atoms with Gasteiger partial charge in [0.1, 0.15) is 29.4 Å². The summed E-state index contributed by atoms with van der Waals surface area (Å²) in [5.74, 6) is -0.524. The molecule has 0 bridgehead atoms. The summed E-state index contributed by atoms with van der Waals surface area (Å²) in [7, 11) is 0. The Bertz CT molecular complexity index is 643. The highest BCUT2D eigenvalue weighted by molar-refractivity contribution is 8.02. The third-order valence-electron chi connectivity index (χ3n) is 3.86. The van der Waals surface area contributed by atoms with Crippen molar-refractivity contribution in [2.24, 2.45) is 11.8 Å². The Hall–Kier alpha value is -2.23. The highest BCUT2D eigenvalue weighted by Gasteiger charge is 2.32. The number of nitrogens with zero attached hydrogens (tertiary/aromatic N) is 3. The van der Waals surface area contributed by atoms with E-state index in [9.17, 15) is 10.1 Å². The van der Waals surface area contributed by atoms with Crippen molar-refractivity contribution in [1.29, 1.82) is 15.8 Å². The number of allylic oxidation sites excluding steroid dienone is 3. The van der Waals surface area contributed by atoms with Gasteiger partial charge in [-0.15, -0.1) is 11.8 Å². The normalized spacial score (nSPS) is 22.1. The van der Waals surface area contributed by atoms with Gasteiger partial charge in [0.15, 0.2) is 0 Å². The van der Waals surface area contributed by atoms with Crippen molar-refractivity contribution < 1.29 is 9.53 Å². The number of hydrogen-bond donors (Lipinski definition) is 0. The molecule has 5 nitrogen and oxygen atoms in total. The largest absolute Gasteiger partial charge is 0.462 e. The number of rotatable bonds is 4. The van der Waals surface area contributed by atoms with E-state index in [-0.39, 0.29) is 23.7 Å². The van der Waals surface area contributed by atoms with Crippen molar-refractivity contribution in [1.82, 2.24) is 0 Å². The van der Waals surface area contributed by atoms with Crippen molar-refractivity contribution >= 4 is 17.7 Å². The van der Waals surface area contributed by atoms with Gasteiger partial charge in [0, 0.05) is 10.8 Å². The molecular formula is C17H19N3O2S. The predicted octanol–water partition coefficient (Wildman–Crippen LogP) is 3.47. The fraction of sp³-hybridized carbons (Fsp3) is 0.529. The Morgan fingerprint density at radius 2 is 1.91 bits per heavy atom. The highest BCUT2D eigenvalue weighted by Crippen LogP contribution is 2.43. The summed E-state index contributed by atoms with van der Waals surface area (Å²) >= 11 is 1.33. The molecule has 0 aromatic carbocycles. The predicted molar refractivity (Wildman–Crippen MR) is 87.5 cm³/mol. The molecule has 0 saturated heterocycles. The SMILES string of the molecule is CCOC(=O)/C(C#N)=C1\CC(C)CCC1C(SC)=C(C#N)C#N. The molecule has 0 spiro atoms. The summed E-state index contributed by atoms with van der Waals surface area (Å²) < 4.78 is 4.99. The quantitative estimate of drug-likeness (QED) is 0.445. The van der Waals surface area contributed by atoms with E-state index in [1.165, 1.54) is 11.8 Å². The van der Waals surface area contributed by atoms with Crippen LogP contribution in [0.2, 0.25) is 0 Å². The first-order valence-corrected chi connectivity index (χ1v) is 8.64. The minimum absolute atomic E-state index is 0.0187. The van der Waals surface area contributed by atoms with Crippen LogP contribution >= 0.6 is 11.8 Å². The van der Waals surface area contributed by atoms with Crippen LogP contribution in [0, 0.1) is 45.8 Å². The zero-order valence-corrected chi connectivity index (χ0v) is 14.4. The van der Waals surface area contributed by atoms with Crippen LogP contribution in [0.1, 0.15) is 33.1 Å². The molecule has 1 rings (SSSR count). The zero-order valence-electron chi connectivity index (χ0n) is 13.5. The number of thioether (sulfide) groups is 1. The van der Waals surface area contributed by atoms with Gasteiger partial charge in [0.2, 0.25) is 0 Å². The minimum atomic E-state index is -0.625. The highest BCUT2D eigenvalue weighted by atomic mass is 32.2. The van der Waals surface area contributed by atoms with Crippen LogP contribution < -0.4 is 0 Å². The molecule has 2 unspecified atom stereocenters. The van der Waals surface area contributed by atoms with Gasteiger partial charge in [0.25, 0.3) is 0 Å². The molecule has 6 heteroatoms. The number of carbonyl (C=O) groups excluding carboxylic acids is 1. The Morgan fingerprint density at radius 3 is 2.39 bits per heavy atom. The molecule has 0 radical (unpaired) electrons. The fourth-order valence-electron chi connectivity index (χ4n) is 2.82. The lowest BCUT2D eigenvalue weighted by Gasteiger charge is -2.31. The monoisotopic (exact) mass is 329 g/mol. The average molecular weight is 329 g/mol. The van der Waals surface area contributed by atoms with Crippen molar-refractivity contribution in [3.8, 4) is 18.2 Å². The van der Waals surface area contributed by atoms with E-state index in [1.807, 2.05) is 18.2 Å². The van der Waals surface area contributed by atoms with Gasteiger partial charge in [-0.2, -0.15) is 15.8 Å². The first-order chi connectivity index (χ1) is 11.0. The van der Waals surface area contributed by atoms with E-state index in [0.717, 1.165) is 6.42 Å². The van der Waals surface area contributed by atoms with E-state index in [2.05, 4.69) is 6.92 Å². The molecule has 1 aliphatic rings. The maximum Gasteiger partial charge on any atom is 0.348 e. The molecule has 0 heterocycles. The fourth-order valence-corrected chi connectivity index (χ4v) is 3.66. The van der Waals surface area contributed by atoms with Gasteiger partial charge < -0.3 is 4.74 Å². The second kappa shape index (κ2) is 9.03. The van der Waals surface area contributed by atoms with Gasteiger partial charge in [0.05, 0.1) is 6.61 Å². The summed E-state index contributed by atoms with van der Waals surface area (Å²) in [5, 5.41) is 27.8. The van der Waals surface area contributed by atoms with Gasteiger partial charge >= 0.3 is 5.97 Å². The number of hydrogen-bond acceptors (Lipinski definition) is 6. The van der Waals surface area contributed by atoms with Gasteiger partial charge in [-0.1, -0.05) is 6.92 Å². The average Bonchev–Trinajstić information content (AvgIpc) is 2.54. The Balaban J connectivity index is 3.48. The lowest BCUT2D eigenvalue weighted by Crippen LogP contribution is -2.22. The first-order valence-electron chi connectivity index (χ1n) is 7.42. The molecule has 1 fully saturated rings. The molecule has 1 saturated carbocycles. The Morgan fingerprint density at radius 1 is 1.26 bits per heavy atom. The maximum absolute atomic E-state index is 12.1. The number of esters is 1. The van der Waals surface area contributed by atoms with Gasteiger partial charge in [-0.25, -0.2) is 4.79 Å². The van der Waals surface area contributed by atoms with E-state index in [4.69, 9.17) is 15.3 Å². The molecule has 0 N–H and O–H groups in total. The smallest absolute Gasteiger partial charge is 0.348 e. The zero-order chi connectivity index (χ0) is 17.4. The maximum atomic E-state index is 12.1. The summed E-state index contributed by atoms with van der Waals surface area (Å²) in [4.78, 5) is 12.7. The molecule has 2 atom stereocenters. The van der Waals surface area contributed by atoms with Crippen LogP contribution in [-0.2, 0) is 9.53 Å². The van der Waals surface area contributed by atoms with Gasteiger partial charge in [-0.3, -0.25) is 0 Å². The molecule has 23 heavy (non-hydrogen) atoms. The van der Waals surface area contributed by atoms with Crippen molar-refractivity contribution in [3.63, 3.8) is 0 Å². The Kier molecular flexibility index (Phi) is 7.39. The second-order valence-corrected chi connectivity index (χ2v) is 6.19. The molecule has 0 amide bonds. The van der Waals surface area contributed by atoms with Gasteiger partial charge in [-0.05, 0) is 43.9 Å². The number of ether oxygens (including phenoxy) is 1. The first kappa shape index (κ1) is 18.8. The molecule has 120 valence electrons. The summed E-state index contributed by atoms with van der Waals surface area (Å²) in [5.41, 5.74) is 0.762. The molecule has 0 aliphatic heterocycles. The number of nitriles is 3. The van der Waals surface area contributed by atoms with Crippen LogP contribution in [0.3, 0.4) is 0 Å². The lowest BCUT2D eigenvalue weighted by molar-refractivity contribution is -0.138. The standard InChI is InChI=1S/C17H19N3O2S/c1-4-22-17(21)15(10-20)14-7-11(2)5-6-13(14)16(23-3)12(8-18)9-19/h11,13H,4-7H2,1-3H3/b15-14+. The topological polar surface area (TPSA) is 97.7 Å². The van der Waals surface area contributed by atoms with Crippen molar-refractivity contribution in [2.45, 2.75) is 33.1 Å². The summed E-state index contributed by atoms with van der Waals surface area (Å²) in [6, 6.07) is 5.81. The van der Waals surface area contributed by atoms with Crippen LogP contribution in [0.25, 0.3) is 0 Å². The minimum Gasteiger partial charge on any atom is -0.462 e. The Labute approximate surface area is 141 Å². The molecule has 0 aromatic heterocycles. The third kappa shape index (κ3) is 4.38. The third-order valence-corrected chi connectivity index (χ3v) is 4.78. The number of carbonyl (C=O) groups is 1. The van der Waals surface area contributed by atoms with Crippen LogP contribution in [-0.4, -0.2) is 18.8 Å². The summed E-state index contributed by atoms with van der Waals surface area (Å²) in [6.07, 6.45) is 4.03. The van der Waals surface area contributed by atoms with Crippen LogP contribution in [0.4, 0.5) is 0 Å². The second-order valence-electron chi connectivity index (χ2n) is 5.34. The van der Waals surface area contributed by atoms with Crippen molar-refractivity contribution in [3.05, 3.63) is 21.6 Å². The van der Waals surface area contributed by atoms with E-state index >= 15 is 0 Å². The van der Waals surface area contributed by atoms with E-state index < -0.39 is 5.97 Å². The lowest BCUT2D eigenvalue weighted by atomic mass is 9.76. The molecule has 0 aromatic rings. The van der Waals surface area contributed by atoms with Crippen LogP contribution in [0.15, 0.2) is 21.6 Å². The summed E-state index contributed by atoms with van der Waals surface area (Å²) in [6.45, 7) is 3.95. The molecule has 1 aliphatic carbocycles. The molecular weight excluding hydrogens is 310 g/mol. The van der Waals surface area contributed by atoms with E-state index in [0.29, 0.717) is 29.2 Å². The van der Waals surface area contributed by atoms with E-state index in [1.54, 1.807) is 13.2 Å². The van der Waals surface area contributed by atoms with Crippen LogP contribution in [0.5, 0.6) is 0 Å². The van der Waals surface area contributed by atoms with Crippen molar-refractivity contribution in [2.75, 3.05) is 12.9 Å².